The zero-order valence-electron chi connectivity index (χ0n) is 15.6. The first-order chi connectivity index (χ1) is 14.0. The molecule has 8 heteroatoms. The fraction of sp³-hybridized carbons (Fsp3) is 0.286. The molecule has 1 aliphatic heterocycles. The minimum atomic E-state index is -0.455. The number of amides is 3. The summed E-state index contributed by atoms with van der Waals surface area (Å²) in [7, 11) is 0. The highest BCUT2D eigenvalue weighted by molar-refractivity contribution is 8.18. The summed E-state index contributed by atoms with van der Waals surface area (Å²) in [5, 5.41) is 2.69. The zero-order chi connectivity index (χ0) is 20.4. The van der Waals surface area contributed by atoms with Crippen molar-refractivity contribution in [3.8, 4) is 0 Å². The molecule has 0 spiro atoms. The van der Waals surface area contributed by atoms with E-state index in [0.717, 1.165) is 22.2 Å². The Hall–Kier alpha value is -2.51. The van der Waals surface area contributed by atoms with E-state index in [1.807, 2.05) is 18.5 Å². The fourth-order valence-electron chi connectivity index (χ4n) is 3.64. The lowest BCUT2D eigenvalue weighted by atomic mass is 10.2. The minimum Gasteiger partial charge on any atom is -0.351 e. The highest BCUT2D eigenvalue weighted by Crippen LogP contribution is 2.33. The molecule has 2 heterocycles. The monoisotopic (exact) mass is 429 g/mol. The van der Waals surface area contributed by atoms with Gasteiger partial charge in [0.2, 0.25) is 5.91 Å². The zero-order valence-corrected chi connectivity index (χ0v) is 17.2. The number of thioether (sulfide) groups is 1. The van der Waals surface area contributed by atoms with Gasteiger partial charge in [-0.15, -0.1) is 0 Å². The molecular formula is C21H20ClN3O3S. The summed E-state index contributed by atoms with van der Waals surface area (Å²) >= 11 is 6.76. The van der Waals surface area contributed by atoms with Crippen LogP contribution in [0.3, 0.4) is 0 Å². The molecule has 6 nitrogen and oxygen atoms in total. The number of hydrogen-bond acceptors (Lipinski definition) is 4. The molecule has 2 aromatic rings. The Balaban J connectivity index is 1.41. The second-order valence-corrected chi connectivity index (χ2v) is 8.59. The number of nitrogens with one attached hydrogen (secondary N) is 1. The van der Waals surface area contributed by atoms with Gasteiger partial charge in [-0.25, -0.2) is 0 Å². The smallest absolute Gasteiger partial charge is 0.294 e. The Kier molecular flexibility index (Phi) is 5.78. The van der Waals surface area contributed by atoms with Gasteiger partial charge in [-0.1, -0.05) is 30.5 Å². The summed E-state index contributed by atoms with van der Waals surface area (Å²) in [5.74, 6) is -0.905. The van der Waals surface area contributed by atoms with E-state index in [1.54, 1.807) is 30.3 Å². The van der Waals surface area contributed by atoms with Gasteiger partial charge < -0.3 is 9.88 Å². The SMILES string of the molecule is O=C(CN1C(=O)S/C(=C/c2ccn(C3CCCC3)c2)C1=O)Nc1cccc(Cl)c1. The maximum atomic E-state index is 12.6. The summed E-state index contributed by atoms with van der Waals surface area (Å²) < 4.78 is 2.18. The van der Waals surface area contributed by atoms with Crippen molar-refractivity contribution >= 4 is 52.2 Å². The molecule has 0 atom stereocenters. The van der Waals surface area contributed by atoms with Gasteiger partial charge in [0.25, 0.3) is 11.1 Å². The molecule has 1 saturated carbocycles. The topological polar surface area (TPSA) is 71.4 Å². The molecule has 3 amide bonds. The van der Waals surface area contributed by atoms with Crippen LogP contribution in [0.25, 0.3) is 6.08 Å². The van der Waals surface area contributed by atoms with Crippen molar-refractivity contribution in [2.45, 2.75) is 31.7 Å². The van der Waals surface area contributed by atoms with Crippen LogP contribution in [-0.4, -0.2) is 33.1 Å². The highest BCUT2D eigenvalue weighted by Gasteiger charge is 2.36. The van der Waals surface area contributed by atoms with E-state index in [0.29, 0.717) is 21.7 Å². The number of carbonyl (C=O) groups is 3. The van der Waals surface area contributed by atoms with E-state index in [-0.39, 0.29) is 6.54 Å². The molecule has 2 fully saturated rings. The van der Waals surface area contributed by atoms with E-state index < -0.39 is 17.1 Å². The minimum absolute atomic E-state index is 0.328. The first kappa shape index (κ1) is 19.8. The number of halogens is 1. The lowest BCUT2D eigenvalue weighted by Gasteiger charge is -2.12. The van der Waals surface area contributed by atoms with Gasteiger partial charge in [0.1, 0.15) is 6.54 Å². The Morgan fingerprint density at radius 1 is 1.24 bits per heavy atom. The highest BCUT2D eigenvalue weighted by atomic mass is 35.5. The lowest BCUT2D eigenvalue weighted by molar-refractivity contribution is -0.127. The molecule has 0 radical (unpaired) electrons. The Labute approximate surface area is 177 Å². The third kappa shape index (κ3) is 4.57. The first-order valence-electron chi connectivity index (χ1n) is 9.48. The van der Waals surface area contributed by atoms with Gasteiger partial charge in [-0.2, -0.15) is 0 Å². The van der Waals surface area contributed by atoms with E-state index >= 15 is 0 Å². The van der Waals surface area contributed by atoms with Crippen molar-refractivity contribution in [1.29, 1.82) is 0 Å². The fourth-order valence-corrected chi connectivity index (χ4v) is 4.67. The standard InChI is InChI=1S/C21H20ClN3O3S/c22-15-4-3-5-16(11-15)23-19(26)13-25-20(27)18(29-21(25)28)10-14-8-9-24(12-14)17-6-1-2-7-17/h3-5,8-12,17H,1-2,6-7,13H2,(H,23,26)/b18-10+. The number of aromatic nitrogens is 1. The molecule has 1 aromatic heterocycles. The van der Waals surface area contributed by atoms with Crippen LogP contribution in [0, 0.1) is 0 Å². The van der Waals surface area contributed by atoms with Crippen LogP contribution in [-0.2, 0) is 9.59 Å². The van der Waals surface area contributed by atoms with Crippen LogP contribution >= 0.6 is 23.4 Å². The Morgan fingerprint density at radius 3 is 2.79 bits per heavy atom. The summed E-state index contributed by atoms with van der Waals surface area (Å²) in [6.07, 6.45) is 10.6. The third-order valence-corrected chi connectivity index (χ3v) is 6.21. The molecule has 4 rings (SSSR count). The molecule has 150 valence electrons. The number of imide groups is 1. The average molecular weight is 430 g/mol. The summed E-state index contributed by atoms with van der Waals surface area (Å²) in [6.45, 7) is -0.336. The largest absolute Gasteiger partial charge is 0.351 e. The molecule has 0 unspecified atom stereocenters. The summed E-state index contributed by atoms with van der Waals surface area (Å²) in [5.41, 5.74) is 1.39. The molecule has 1 N–H and O–H groups in total. The maximum absolute atomic E-state index is 12.6. The van der Waals surface area contributed by atoms with E-state index in [1.165, 1.54) is 25.7 Å². The molecule has 29 heavy (non-hydrogen) atoms. The van der Waals surface area contributed by atoms with Gasteiger partial charge in [0.15, 0.2) is 0 Å². The predicted octanol–water partition coefficient (Wildman–Crippen LogP) is 4.93. The molecule has 1 aliphatic carbocycles. The summed E-state index contributed by atoms with van der Waals surface area (Å²) in [6, 6.07) is 9.14. The number of benzene rings is 1. The normalized spacial score (nSPS) is 18.8. The Morgan fingerprint density at radius 2 is 2.03 bits per heavy atom. The van der Waals surface area contributed by atoms with Gasteiger partial charge in [-0.3, -0.25) is 19.3 Å². The second-order valence-electron chi connectivity index (χ2n) is 7.16. The van der Waals surface area contributed by atoms with Crippen LogP contribution in [0.2, 0.25) is 5.02 Å². The lowest BCUT2D eigenvalue weighted by Crippen LogP contribution is -2.36. The van der Waals surface area contributed by atoms with Crippen LogP contribution in [0.1, 0.15) is 37.3 Å². The quantitative estimate of drug-likeness (QED) is 0.684. The number of hydrogen-bond donors (Lipinski definition) is 1. The van der Waals surface area contributed by atoms with Crippen molar-refractivity contribution in [2.24, 2.45) is 0 Å². The molecule has 0 bridgehead atoms. The van der Waals surface area contributed by atoms with Crippen molar-refractivity contribution in [2.75, 3.05) is 11.9 Å². The number of anilines is 1. The van der Waals surface area contributed by atoms with Crippen molar-refractivity contribution in [1.82, 2.24) is 9.47 Å². The molecule has 1 saturated heterocycles. The predicted molar refractivity (Wildman–Crippen MR) is 115 cm³/mol. The first-order valence-corrected chi connectivity index (χ1v) is 10.7. The average Bonchev–Trinajstić information content (AvgIpc) is 3.40. The van der Waals surface area contributed by atoms with Gasteiger partial charge in [0, 0.05) is 29.1 Å². The molecule has 1 aromatic carbocycles. The number of rotatable bonds is 5. The van der Waals surface area contributed by atoms with Crippen LogP contribution in [0.4, 0.5) is 10.5 Å². The molecular weight excluding hydrogens is 410 g/mol. The van der Waals surface area contributed by atoms with Crippen molar-refractivity contribution < 1.29 is 14.4 Å². The van der Waals surface area contributed by atoms with Crippen LogP contribution in [0.15, 0.2) is 47.6 Å². The van der Waals surface area contributed by atoms with E-state index in [9.17, 15) is 14.4 Å². The second kappa shape index (κ2) is 8.47. The number of carbonyl (C=O) groups excluding carboxylic acids is 3. The molecule has 2 aliphatic rings. The third-order valence-electron chi connectivity index (χ3n) is 5.07. The van der Waals surface area contributed by atoms with Crippen molar-refractivity contribution in [3.63, 3.8) is 0 Å². The summed E-state index contributed by atoms with van der Waals surface area (Å²) in [4.78, 5) is 38.4. The van der Waals surface area contributed by atoms with Gasteiger partial charge in [0.05, 0.1) is 4.91 Å². The van der Waals surface area contributed by atoms with E-state index in [2.05, 4.69) is 9.88 Å². The maximum Gasteiger partial charge on any atom is 0.294 e. The van der Waals surface area contributed by atoms with Gasteiger partial charge in [-0.05, 0) is 60.5 Å². The Bertz CT molecular complexity index is 995. The van der Waals surface area contributed by atoms with Crippen LogP contribution < -0.4 is 5.32 Å². The van der Waals surface area contributed by atoms with Crippen LogP contribution in [0.5, 0.6) is 0 Å². The number of nitrogens with zero attached hydrogens (tertiary/aromatic N) is 2. The van der Waals surface area contributed by atoms with Crippen molar-refractivity contribution in [3.05, 3.63) is 58.2 Å². The van der Waals surface area contributed by atoms with E-state index in [4.69, 9.17) is 11.6 Å². The van der Waals surface area contributed by atoms with Gasteiger partial charge >= 0.3 is 0 Å².